The maximum atomic E-state index is 10.9. The normalized spacial score (nSPS) is 13.1. The number of hydrogen-bond donors (Lipinski definition) is 2. The van der Waals surface area contributed by atoms with Crippen molar-refractivity contribution in [2.24, 2.45) is 0 Å². The molecule has 1 unspecified atom stereocenters. The Morgan fingerprint density at radius 2 is 1.81 bits per heavy atom. The summed E-state index contributed by atoms with van der Waals surface area (Å²) < 4.78 is 4.39. The minimum atomic E-state index is -2.72. The monoisotopic (exact) mass is 258 g/mol. The summed E-state index contributed by atoms with van der Waals surface area (Å²) in [5.41, 5.74) is -2.72. The first kappa shape index (κ1) is 18.4. The third-order valence-electron chi connectivity index (χ3n) is 1.57. The van der Waals surface area contributed by atoms with Crippen LogP contribution in [0.15, 0.2) is 0 Å². The van der Waals surface area contributed by atoms with Crippen LogP contribution in [-0.2, 0) is 19.1 Å². The van der Waals surface area contributed by atoms with Crippen LogP contribution in [0.5, 0.6) is 0 Å². The number of aliphatic carboxylic acids is 2. The van der Waals surface area contributed by atoms with E-state index in [0.29, 0.717) is 0 Å². The van der Waals surface area contributed by atoms with Gasteiger partial charge < -0.3 is 24.9 Å². The molecule has 0 rings (SSSR count). The Labute approximate surface area is 134 Å². The Balaban J connectivity index is 0. The third kappa shape index (κ3) is 6.56. The van der Waals surface area contributed by atoms with Crippen LogP contribution in [0.1, 0.15) is 19.8 Å². The van der Waals surface area contributed by atoms with E-state index in [2.05, 4.69) is 4.74 Å². The van der Waals surface area contributed by atoms with Gasteiger partial charge in [0.25, 0.3) is 0 Å². The van der Waals surface area contributed by atoms with E-state index in [9.17, 15) is 24.6 Å². The smallest absolute Gasteiger partial charge is 0.547 e. The number of hydrogen-bond acceptors (Lipinski definition) is 6. The second-order valence-electron chi connectivity index (χ2n) is 2.87. The van der Waals surface area contributed by atoms with Gasteiger partial charge >= 0.3 is 63.3 Å². The van der Waals surface area contributed by atoms with E-state index in [0.717, 1.165) is 0 Å². The van der Waals surface area contributed by atoms with Crippen molar-refractivity contribution in [1.29, 1.82) is 0 Å². The van der Waals surface area contributed by atoms with Crippen molar-refractivity contribution in [3.63, 3.8) is 0 Å². The van der Waals surface area contributed by atoms with Crippen LogP contribution in [0.3, 0.4) is 0 Å². The van der Waals surface area contributed by atoms with Gasteiger partial charge in [-0.2, -0.15) is 0 Å². The van der Waals surface area contributed by atoms with E-state index in [1.54, 1.807) is 0 Å². The topological polar surface area (TPSA) is 124 Å². The SMILES string of the molecule is CCOC(=O)CC(O)(CC(=O)O)C(=O)[O-].[K+]. The van der Waals surface area contributed by atoms with Crippen molar-refractivity contribution < 1.29 is 85.8 Å². The molecule has 86 valence electrons. The van der Waals surface area contributed by atoms with Crippen LogP contribution in [0, 0.1) is 0 Å². The van der Waals surface area contributed by atoms with Crippen molar-refractivity contribution in [3.8, 4) is 0 Å². The Bertz CT molecular complexity index is 278. The van der Waals surface area contributed by atoms with E-state index >= 15 is 0 Å². The molecule has 8 heteroatoms. The molecule has 7 nitrogen and oxygen atoms in total. The second-order valence-corrected chi connectivity index (χ2v) is 2.87. The molecule has 1 atom stereocenters. The van der Waals surface area contributed by atoms with Crippen molar-refractivity contribution in [2.45, 2.75) is 25.4 Å². The quantitative estimate of drug-likeness (QED) is 0.361. The van der Waals surface area contributed by atoms with Crippen LogP contribution >= 0.6 is 0 Å². The van der Waals surface area contributed by atoms with Crippen LogP contribution in [-0.4, -0.2) is 40.3 Å². The number of carbonyl (C=O) groups excluding carboxylic acids is 2. The van der Waals surface area contributed by atoms with Crippen molar-refractivity contribution in [1.82, 2.24) is 0 Å². The van der Waals surface area contributed by atoms with Gasteiger partial charge in [-0.3, -0.25) is 9.59 Å². The van der Waals surface area contributed by atoms with E-state index in [1.165, 1.54) is 6.92 Å². The number of aliphatic hydroxyl groups is 1. The first-order valence-electron chi connectivity index (χ1n) is 4.13. The standard InChI is InChI=1S/C8H12O7.K/c1-2-15-6(11)4-8(14,7(12)13)3-5(9)10;/h14H,2-4H2,1H3,(H,9,10)(H,12,13);/q;+1/p-1. The maximum Gasteiger partial charge on any atom is 1.00 e. The largest absolute Gasteiger partial charge is 1.00 e. The predicted molar refractivity (Wildman–Crippen MR) is 43.5 cm³/mol. The number of carbonyl (C=O) groups is 3. The van der Waals surface area contributed by atoms with E-state index < -0.39 is 36.4 Å². The zero-order valence-corrected chi connectivity index (χ0v) is 12.2. The molecule has 0 aromatic rings. The Morgan fingerprint density at radius 1 is 1.31 bits per heavy atom. The zero-order chi connectivity index (χ0) is 12.1. The minimum Gasteiger partial charge on any atom is -0.547 e. The van der Waals surface area contributed by atoms with Gasteiger partial charge in [0, 0.05) is 0 Å². The number of carboxylic acids is 2. The van der Waals surface area contributed by atoms with Gasteiger partial charge in [0.15, 0.2) is 0 Å². The maximum absolute atomic E-state index is 10.9. The minimum absolute atomic E-state index is 0. The number of rotatable bonds is 6. The van der Waals surface area contributed by atoms with Gasteiger partial charge in [-0.1, -0.05) is 0 Å². The van der Waals surface area contributed by atoms with Gasteiger partial charge in [0.05, 0.1) is 25.4 Å². The molecule has 0 aromatic carbocycles. The zero-order valence-electron chi connectivity index (χ0n) is 9.06. The number of esters is 1. The fourth-order valence-corrected chi connectivity index (χ4v) is 0.908. The Hall–Kier alpha value is 0.00636. The molecule has 0 fully saturated rings. The average Bonchev–Trinajstić information content (AvgIpc) is 2.01. The van der Waals surface area contributed by atoms with Crippen molar-refractivity contribution >= 4 is 17.9 Å². The van der Waals surface area contributed by atoms with E-state index in [-0.39, 0.29) is 58.0 Å². The summed E-state index contributed by atoms with van der Waals surface area (Å²) in [7, 11) is 0. The third-order valence-corrected chi connectivity index (χ3v) is 1.57. The summed E-state index contributed by atoms with van der Waals surface area (Å²) in [5, 5.41) is 28.1. The summed E-state index contributed by atoms with van der Waals surface area (Å²) in [4.78, 5) is 31.6. The molecule has 0 amide bonds. The number of carboxylic acid groups (broad SMARTS) is 2. The van der Waals surface area contributed by atoms with Crippen molar-refractivity contribution in [3.05, 3.63) is 0 Å². The molecular weight excluding hydrogens is 247 g/mol. The van der Waals surface area contributed by atoms with Gasteiger partial charge in [-0.15, -0.1) is 0 Å². The van der Waals surface area contributed by atoms with Crippen LogP contribution in [0.4, 0.5) is 0 Å². The molecule has 16 heavy (non-hydrogen) atoms. The summed E-state index contributed by atoms with van der Waals surface area (Å²) in [6, 6.07) is 0. The summed E-state index contributed by atoms with van der Waals surface area (Å²) in [5.74, 6) is -4.56. The van der Waals surface area contributed by atoms with Gasteiger partial charge in [-0.25, -0.2) is 0 Å². The molecule has 0 aliphatic carbocycles. The molecule has 2 N–H and O–H groups in total. The fourth-order valence-electron chi connectivity index (χ4n) is 0.908. The van der Waals surface area contributed by atoms with Crippen molar-refractivity contribution in [2.75, 3.05) is 6.61 Å². The average molecular weight is 258 g/mol. The van der Waals surface area contributed by atoms with Crippen LogP contribution < -0.4 is 56.5 Å². The van der Waals surface area contributed by atoms with Crippen LogP contribution in [0.2, 0.25) is 0 Å². The molecule has 0 aromatic heterocycles. The molecular formula is C8H11KO7. The molecule has 0 spiro atoms. The molecule has 0 aliphatic rings. The Kier molecular flexibility index (Phi) is 9.36. The van der Waals surface area contributed by atoms with Gasteiger partial charge in [0.2, 0.25) is 0 Å². The molecule has 0 saturated carbocycles. The van der Waals surface area contributed by atoms with E-state index in [1.807, 2.05) is 0 Å². The first-order chi connectivity index (χ1) is 6.81. The summed E-state index contributed by atoms with van der Waals surface area (Å²) >= 11 is 0. The van der Waals surface area contributed by atoms with E-state index in [4.69, 9.17) is 5.11 Å². The summed E-state index contributed by atoms with van der Waals surface area (Å²) in [6.45, 7) is 1.50. The molecule has 0 saturated heterocycles. The summed E-state index contributed by atoms with van der Waals surface area (Å²) in [6.07, 6.45) is -2.07. The van der Waals surface area contributed by atoms with Crippen LogP contribution in [0.25, 0.3) is 0 Å². The number of ether oxygens (including phenoxy) is 1. The Morgan fingerprint density at radius 3 is 2.12 bits per heavy atom. The molecule has 0 heterocycles. The predicted octanol–water partition coefficient (Wildman–Crippen LogP) is -5.10. The van der Waals surface area contributed by atoms with Gasteiger partial charge in [0.1, 0.15) is 5.60 Å². The molecule has 0 radical (unpaired) electrons. The fraction of sp³-hybridized carbons (Fsp3) is 0.625. The second kappa shape index (κ2) is 8.15. The molecule has 0 bridgehead atoms. The first-order valence-corrected chi connectivity index (χ1v) is 4.13. The molecule has 0 aliphatic heterocycles. The van der Waals surface area contributed by atoms with Gasteiger partial charge in [-0.05, 0) is 6.92 Å².